The molecular weight excluding hydrogens is 206 g/mol. The van der Waals surface area contributed by atoms with Gasteiger partial charge in [0.25, 0.3) is 6.43 Å². The second kappa shape index (κ2) is 5.42. The highest BCUT2D eigenvalue weighted by atomic mass is 19.3. The van der Waals surface area contributed by atoms with Crippen molar-refractivity contribution >= 4 is 11.5 Å². The fourth-order valence-corrected chi connectivity index (χ4v) is 0.931. The molecule has 1 rings (SSSR count). The van der Waals surface area contributed by atoms with Crippen LogP contribution in [0.25, 0.3) is 0 Å². The highest BCUT2D eigenvalue weighted by Gasteiger charge is 2.15. The number of rotatable bonds is 5. The molecule has 0 aromatic carbocycles. The van der Waals surface area contributed by atoms with E-state index in [2.05, 4.69) is 15.7 Å². The molecule has 0 aliphatic heterocycles. The number of nitrogen functional groups attached to an aromatic ring is 1. The Balaban J connectivity index is 2.50. The summed E-state index contributed by atoms with van der Waals surface area (Å²) in [6.45, 7) is -0.230. The molecule has 84 valence electrons. The summed E-state index contributed by atoms with van der Waals surface area (Å²) < 4.78 is 23.9. The van der Waals surface area contributed by atoms with Crippen LogP contribution < -0.4 is 16.6 Å². The Bertz CT molecular complexity index is 310. The minimum atomic E-state index is -2.76. The van der Waals surface area contributed by atoms with Crippen LogP contribution in [0.5, 0.6) is 0 Å². The third-order valence-corrected chi connectivity index (χ3v) is 1.71. The molecule has 1 aromatic heterocycles. The van der Waals surface area contributed by atoms with E-state index in [1.165, 1.54) is 12.3 Å². The monoisotopic (exact) mass is 218 g/mol. The zero-order chi connectivity index (χ0) is 11.3. The Morgan fingerprint density at radius 1 is 1.53 bits per heavy atom. The Morgan fingerprint density at radius 2 is 2.27 bits per heavy atom. The van der Waals surface area contributed by atoms with Crippen LogP contribution in [0.4, 0.5) is 20.3 Å². The number of aliphatic hydroxyl groups is 1. The van der Waals surface area contributed by atoms with Gasteiger partial charge < -0.3 is 15.8 Å². The van der Waals surface area contributed by atoms with Crippen LogP contribution in [0.2, 0.25) is 0 Å². The van der Waals surface area contributed by atoms with Crippen molar-refractivity contribution in [3.63, 3.8) is 0 Å². The normalized spacial score (nSPS) is 12.6. The lowest BCUT2D eigenvalue weighted by Gasteiger charge is -2.12. The van der Waals surface area contributed by atoms with Crippen LogP contribution in [0.15, 0.2) is 18.3 Å². The molecule has 5 nitrogen and oxygen atoms in total. The van der Waals surface area contributed by atoms with Gasteiger partial charge in [0, 0.05) is 24.5 Å². The number of nitrogens with one attached hydrogen (secondary N) is 2. The Kier molecular flexibility index (Phi) is 4.19. The Morgan fingerprint density at radius 3 is 2.87 bits per heavy atom. The molecule has 0 radical (unpaired) electrons. The number of nitrogens with zero attached hydrogens (tertiary/aromatic N) is 1. The fourth-order valence-electron chi connectivity index (χ4n) is 0.931. The first-order valence-corrected chi connectivity index (χ1v) is 4.26. The number of hydrogen-bond donors (Lipinski definition) is 4. The molecule has 0 aliphatic carbocycles. The maximum atomic E-state index is 11.9. The second-order valence-corrected chi connectivity index (χ2v) is 2.86. The number of aromatic nitrogens is 1. The van der Waals surface area contributed by atoms with Crippen molar-refractivity contribution in [2.75, 3.05) is 17.3 Å². The molecule has 15 heavy (non-hydrogen) atoms. The second-order valence-electron chi connectivity index (χ2n) is 2.86. The lowest BCUT2D eigenvalue weighted by atomic mass is 10.3. The van der Waals surface area contributed by atoms with Crippen molar-refractivity contribution in [3.05, 3.63) is 18.3 Å². The third-order valence-electron chi connectivity index (χ3n) is 1.71. The summed E-state index contributed by atoms with van der Waals surface area (Å²) in [5.41, 5.74) is 2.87. The fraction of sp³-hybridized carbons (Fsp3) is 0.375. The van der Waals surface area contributed by atoms with Gasteiger partial charge in [-0.1, -0.05) is 0 Å². The van der Waals surface area contributed by atoms with Crippen molar-refractivity contribution < 1.29 is 13.9 Å². The minimum Gasteiger partial charge on any atom is -0.385 e. The van der Waals surface area contributed by atoms with Gasteiger partial charge in [0.2, 0.25) is 0 Å². The lowest BCUT2D eigenvalue weighted by Crippen LogP contribution is -2.26. The van der Waals surface area contributed by atoms with Crippen molar-refractivity contribution in [2.45, 2.75) is 12.5 Å². The molecule has 0 aliphatic rings. The van der Waals surface area contributed by atoms with Crippen LogP contribution in [0.1, 0.15) is 0 Å². The number of hydrazine groups is 1. The number of alkyl halides is 2. The van der Waals surface area contributed by atoms with Crippen molar-refractivity contribution in [2.24, 2.45) is 5.84 Å². The van der Waals surface area contributed by atoms with Crippen LogP contribution in [0, 0.1) is 0 Å². The SMILES string of the molecule is NNc1cc(NCC(O)C(F)F)ccn1. The van der Waals surface area contributed by atoms with E-state index in [-0.39, 0.29) is 6.54 Å². The van der Waals surface area contributed by atoms with Gasteiger partial charge in [-0.25, -0.2) is 19.6 Å². The largest absolute Gasteiger partial charge is 0.385 e. The maximum Gasteiger partial charge on any atom is 0.265 e. The van der Waals surface area contributed by atoms with Gasteiger partial charge in [0.15, 0.2) is 0 Å². The van der Waals surface area contributed by atoms with Crippen LogP contribution in [-0.2, 0) is 0 Å². The molecule has 7 heteroatoms. The highest BCUT2D eigenvalue weighted by molar-refractivity contribution is 5.51. The molecular formula is C8H12F2N4O. The molecule has 0 saturated heterocycles. The number of hydrogen-bond acceptors (Lipinski definition) is 5. The number of pyridine rings is 1. The van der Waals surface area contributed by atoms with Gasteiger partial charge in [-0.3, -0.25) is 0 Å². The van der Waals surface area contributed by atoms with E-state index in [9.17, 15) is 8.78 Å². The van der Waals surface area contributed by atoms with E-state index >= 15 is 0 Å². The average Bonchev–Trinajstić information content (AvgIpc) is 2.26. The van der Waals surface area contributed by atoms with Gasteiger partial charge in [0.1, 0.15) is 11.9 Å². The van der Waals surface area contributed by atoms with Gasteiger partial charge in [0.05, 0.1) is 0 Å². The van der Waals surface area contributed by atoms with Gasteiger partial charge >= 0.3 is 0 Å². The van der Waals surface area contributed by atoms with E-state index in [1.54, 1.807) is 6.07 Å². The highest BCUT2D eigenvalue weighted by Crippen LogP contribution is 2.11. The van der Waals surface area contributed by atoms with E-state index in [1.807, 2.05) is 0 Å². The number of nitrogens with two attached hydrogens (primary N) is 1. The molecule has 0 spiro atoms. The summed E-state index contributed by atoms with van der Waals surface area (Å²) in [5.74, 6) is 5.52. The van der Waals surface area contributed by atoms with E-state index in [0.717, 1.165) is 0 Å². The van der Waals surface area contributed by atoms with Crippen LogP contribution in [0.3, 0.4) is 0 Å². The van der Waals surface area contributed by atoms with Gasteiger partial charge in [-0.2, -0.15) is 0 Å². The number of anilines is 2. The topological polar surface area (TPSA) is 83.2 Å². The molecule has 0 amide bonds. The first-order valence-electron chi connectivity index (χ1n) is 4.26. The smallest absolute Gasteiger partial charge is 0.265 e. The van der Waals surface area contributed by atoms with Gasteiger partial charge in [-0.05, 0) is 6.07 Å². The van der Waals surface area contributed by atoms with Crippen molar-refractivity contribution in [1.29, 1.82) is 0 Å². The first-order chi connectivity index (χ1) is 7.13. The van der Waals surface area contributed by atoms with E-state index in [4.69, 9.17) is 10.9 Å². The molecule has 0 bridgehead atoms. The predicted molar refractivity (Wildman–Crippen MR) is 52.5 cm³/mol. The molecule has 0 fully saturated rings. The summed E-state index contributed by atoms with van der Waals surface area (Å²) in [6.07, 6.45) is -2.98. The van der Waals surface area contributed by atoms with Crippen LogP contribution >= 0.6 is 0 Å². The summed E-state index contributed by atoms with van der Waals surface area (Å²) in [5, 5.41) is 11.5. The summed E-state index contributed by atoms with van der Waals surface area (Å²) in [4.78, 5) is 3.83. The van der Waals surface area contributed by atoms with Crippen molar-refractivity contribution in [3.8, 4) is 0 Å². The standard InChI is InChI=1S/C8H12F2N4O/c9-8(10)6(15)4-13-5-1-2-12-7(3-5)14-11/h1-3,6,8,15H,4,11H2,(H2,12,13,14). The zero-order valence-corrected chi connectivity index (χ0v) is 7.82. The number of aliphatic hydroxyl groups excluding tert-OH is 1. The zero-order valence-electron chi connectivity index (χ0n) is 7.82. The Hall–Kier alpha value is -1.47. The maximum absolute atomic E-state index is 11.9. The minimum absolute atomic E-state index is 0.230. The first kappa shape index (κ1) is 11.6. The molecule has 1 aromatic rings. The van der Waals surface area contributed by atoms with Crippen molar-refractivity contribution in [1.82, 2.24) is 4.98 Å². The Labute approximate surface area is 85.3 Å². The molecule has 0 saturated carbocycles. The quantitative estimate of drug-likeness (QED) is 0.425. The average molecular weight is 218 g/mol. The summed E-state index contributed by atoms with van der Waals surface area (Å²) >= 11 is 0. The van der Waals surface area contributed by atoms with Crippen LogP contribution in [-0.4, -0.2) is 29.2 Å². The van der Waals surface area contributed by atoms with E-state index in [0.29, 0.717) is 11.5 Å². The molecule has 1 unspecified atom stereocenters. The molecule has 1 atom stereocenters. The molecule has 5 N–H and O–H groups in total. The third kappa shape index (κ3) is 3.64. The summed E-state index contributed by atoms with van der Waals surface area (Å²) in [7, 11) is 0. The van der Waals surface area contributed by atoms with Gasteiger partial charge in [-0.15, -0.1) is 0 Å². The molecule has 1 heterocycles. The summed E-state index contributed by atoms with van der Waals surface area (Å²) in [6, 6.07) is 3.12. The van der Waals surface area contributed by atoms with E-state index < -0.39 is 12.5 Å². The lowest BCUT2D eigenvalue weighted by molar-refractivity contribution is 0.00384. The predicted octanol–water partition coefficient (Wildman–Crippen LogP) is 0.405. The number of halogens is 2.